The summed E-state index contributed by atoms with van der Waals surface area (Å²) in [5.41, 5.74) is 1.10. The number of benzene rings is 1. The molecule has 0 atom stereocenters. The third-order valence-electron chi connectivity index (χ3n) is 2.21. The van der Waals surface area contributed by atoms with Crippen molar-refractivity contribution < 1.29 is 28.5 Å². The largest absolute Gasteiger partial charge is 1.00 e. The predicted octanol–water partition coefficient (Wildman–Crippen LogP) is -0.0171. The smallest absolute Gasteiger partial charge is 0.245 e. The van der Waals surface area contributed by atoms with Crippen LogP contribution in [0.15, 0.2) is 59.8 Å². The van der Waals surface area contributed by atoms with Gasteiger partial charge >= 0.3 is 0 Å². The molecule has 1 nitrogen and oxygen atoms in total. The number of aryl methyl sites for hydroxylation is 1. The van der Waals surface area contributed by atoms with Gasteiger partial charge in [-0.1, -0.05) is 42.5 Å². The maximum atomic E-state index is 5.41. The average Bonchev–Trinajstić information content (AvgIpc) is 2.33. The van der Waals surface area contributed by atoms with E-state index in [0.29, 0.717) is 0 Å². The zero-order chi connectivity index (χ0) is 11.4. The van der Waals surface area contributed by atoms with Gasteiger partial charge in [-0.2, -0.15) is 4.57 Å². The third kappa shape index (κ3) is 4.04. The quantitative estimate of drug-likeness (QED) is 0.315. The molecule has 17 heavy (non-hydrogen) atoms. The molecule has 0 unspecified atom stereocenters. The van der Waals surface area contributed by atoms with Gasteiger partial charge in [-0.3, -0.25) is 0 Å². The first-order valence-electron chi connectivity index (χ1n) is 4.99. The highest BCUT2D eigenvalue weighted by Gasteiger charge is 2.10. The van der Waals surface area contributed by atoms with E-state index < -0.39 is 0 Å². The summed E-state index contributed by atoms with van der Waals surface area (Å²) in [6.45, 7) is 0. The number of aromatic nitrogens is 1. The number of thiocarbonyl (C=S) groups is 1. The van der Waals surface area contributed by atoms with Crippen LogP contribution in [0.1, 0.15) is 5.56 Å². The number of rotatable bonds is 2. The molecule has 0 bridgehead atoms. The lowest BCUT2D eigenvalue weighted by Gasteiger charge is -2.01. The van der Waals surface area contributed by atoms with Crippen molar-refractivity contribution in [2.24, 2.45) is 7.05 Å². The molecule has 4 heteroatoms. The van der Waals surface area contributed by atoms with Gasteiger partial charge in [-0.15, -0.1) is 0 Å². The van der Waals surface area contributed by atoms with Gasteiger partial charge in [0.2, 0.25) is 5.03 Å². The lowest BCUT2D eigenvalue weighted by atomic mass is 10.2. The van der Waals surface area contributed by atoms with Crippen molar-refractivity contribution in [2.45, 2.75) is 5.03 Å². The molecule has 1 aromatic carbocycles. The molecule has 0 spiro atoms. The van der Waals surface area contributed by atoms with E-state index in [4.69, 9.17) is 12.2 Å². The maximum absolute atomic E-state index is 5.41. The van der Waals surface area contributed by atoms with Gasteiger partial charge in [0.1, 0.15) is 7.05 Å². The Kier molecular flexibility index (Phi) is 6.08. The van der Waals surface area contributed by atoms with Crippen LogP contribution >= 0.6 is 24.0 Å². The van der Waals surface area contributed by atoms with Crippen LogP contribution in [0.2, 0.25) is 0 Å². The molecule has 0 aliphatic rings. The molecule has 0 fully saturated rings. The Bertz CT molecular complexity index is 500. The second-order valence-corrected chi connectivity index (χ2v) is 5.10. The molecular weight excluding hydrogens is 361 g/mol. The van der Waals surface area contributed by atoms with Gasteiger partial charge in [0.25, 0.3) is 0 Å². The van der Waals surface area contributed by atoms with Crippen molar-refractivity contribution in [1.29, 1.82) is 0 Å². The Balaban J connectivity index is 0.00000144. The van der Waals surface area contributed by atoms with Crippen molar-refractivity contribution >= 4 is 28.2 Å². The highest BCUT2D eigenvalue weighted by molar-refractivity contribution is 8.23. The summed E-state index contributed by atoms with van der Waals surface area (Å²) in [5.74, 6) is 0. The summed E-state index contributed by atoms with van der Waals surface area (Å²) < 4.78 is 2.97. The summed E-state index contributed by atoms with van der Waals surface area (Å²) in [6, 6.07) is 16.2. The van der Waals surface area contributed by atoms with Gasteiger partial charge in [0.15, 0.2) is 6.20 Å². The van der Waals surface area contributed by atoms with Gasteiger partial charge in [0.05, 0.1) is 4.20 Å². The first-order chi connectivity index (χ1) is 7.77. The molecule has 0 aliphatic heterocycles. The first kappa shape index (κ1) is 14.6. The van der Waals surface area contributed by atoms with Crippen LogP contribution in [-0.4, -0.2) is 4.20 Å². The standard InChI is InChI=1S/C13H12NS2.HI/c1-14-10-6-5-9-12(14)16-13(15)11-7-3-2-4-8-11;/h2-10H,1H3;1H/q+1;/p-1. The fourth-order valence-corrected chi connectivity index (χ4v) is 2.53. The molecule has 1 heterocycles. The molecule has 0 N–H and O–H groups in total. The van der Waals surface area contributed by atoms with E-state index in [9.17, 15) is 0 Å². The molecule has 2 rings (SSSR count). The van der Waals surface area contributed by atoms with Crippen LogP contribution in [0.4, 0.5) is 0 Å². The zero-order valence-electron chi connectivity index (χ0n) is 9.34. The van der Waals surface area contributed by atoms with E-state index in [-0.39, 0.29) is 24.0 Å². The Labute approximate surface area is 128 Å². The SMILES string of the molecule is C[n+]1ccccc1SC(=S)c1ccccc1.[I-]. The fraction of sp³-hybridized carbons (Fsp3) is 0.0769. The van der Waals surface area contributed by atoms with Crippen LogP contribution in [0.5, 0.6) is 0 Å². The van der Waals surface area contributed by atoms with E-state index in [1.165, 1.54) is 0 Å². The maximum Gasteiger partial charge on any atom is 0.245 e. The number of hydrogen-bond acceptors (Lipinski definition) is 2. The Morgan fingerprint density at radius 1 is 1.06 bits per heavy atom. The normalized spacial score (nSPS) is 9.47. The average molecular weight is 373 g/mol. The summed E-state index contributed by atoms with van der Waals surface area (Å²) in [6.07, 6.45) is 2.02. The van der Waals surface area contributed by atoms with Crippen LogP contribution in [0.3, 0.4) is 0 Å². The fourth-order valence-electron chi connectivity index (χ4n) is 1.34. The Hall–Kier alpha value is -0.460. The highest BCUT2D eigenvalue weighted by atomic mass is 127. The van der Waals surface area contributed by atoms with Crippen molar-refractivity contribution in [3.63, 3.8) is 0 Å². The van der Waals surface area contributed by atoms with E-state index in [1.54, 1.807) is 11.8 Å². The Morgan fingerprint density at radius 3 is 2.35 bits per heavy atom. The van der Waals surface area contributed by atoms with Crippen LogP contribution < -0.4 is 28.5 Å². The van der Waals surface area contributed by atoms with E-state index >= 15 is 0 Å². The van der Waals surface area contributed by atoms with Gasteiger partial charge in [-0.05, 0) is 23.4 Å². The second-order valence-electron chi connectivity index (χ2n) is 3.41. The molecule has 0 saturated carbocycles. The molecule has 0 saturated heterocycles. The molecule has 0 amide bonds. The minimum absolute atomic E-state index is 0. The van der Waals surface area contributed by atoms with Crippen LogP contribution in [-0.2, 0) is 7.05 Å². The summed E-state index contributed by atoms with van der Waals surface area (Å²) >= 11 is 7.03. The molecule has 88 valence electrons. The molecule has 0 aliphatic carbocycles. The van der Waals surface area contributed by atoms with Crippen LogP contribution in [0, 0.1) is 0 Å². The van der Waals surface area contributed by atoms with E-state index in [0.717, 1.165) is 14.8 Å². The van der Waals surface area contributed by atoms with Crippen molar-refractivity contribution in [1.82, 2.24) is 0 Å². The van der Waals surface area contributed by atoms with E-state index in [2.05, 4.69) is 10.6 Å². The van der Waals surface area contributed by atoms with Crippen molar-refractivity contribution in [3.05, 3.63) is 60.3 Å². The summed E-state index contributed by atoms with van der Waals surface area (Å²) in [4.78, 5) is 0. The molecule has 0 radical (unpaired) electrons. The minimum Gasteiger partial charge on any atom is -1.00 e. The van der Waals surface area contributed by atoms with Crippen molar-refractivity contribution in [2.75, 3.05) is 0 Å². The monoisotopic (exact) mass is 373 g/mol. The van der Waals surface area contributed by atoms with E-state index in [1.807, 2.05) is 55.7 Å². The zero-order valence-corrected chi connectivity index (χ0v) is 13.1. The lowest BCUT2D eigenvalue weighted by Crippen LogP contribution is -3.00. The number of hydrogen-bond donors (Lipinski definition) is 0. The number of halogens is 1. The number of thioether (sulfide) groups is 1. The molecular formula is C13H12INS2. The molecule has 1 aromatic heterocycles. The molecule has 2 aromatic rings. The predicted molar refractivity (Wildman–Crippen MR) is 71.6 cm³/mol. The highest BCUT2D eigenvalue weighted by Crippen LogP contribution is 2.20. The lowest BCUT2D eigenvalue weighted by molar-refractivity contribution is -0.708. The third-order valence-corrected chi connectivity index (χ3v) is 3.75. The Morgan fingerprint density at radius 2 is 1.71 bits per heavy atom. The van der Waals surface area contributed by atoms with Gasteiger partial charge in [0, 0.05) is 12.1 Å². The van der Waals surface area contributed by atoms with Crippen molar-refractivity contribution in [3.8, 4) is 0 Å². The van der Waals surface area contributed by atoms with Gasteiger partial charge < -0.3 is 24.0 Å². The number of nitrogens with zero attached hydrogens (tertiary/aromatic N) is 1. The topological polar surface area (TPSA) is 3.88 Å². The van der Waals surface area contributed by atoms with Gasteiger partial charge in [-0.25, -0.2) is 0 Å². The summed E-state index contributed by atoms with van der Waals surface area (Å²) in [5, 5.41) is 1.15. The first-order valence-corrected chi connectivity index (χ1v) is 6.22. The van der Waals surface area contributed by atoms with Crippen LogP contribution in [0.25, 0.3) is 0 Å². The second kappa shape index (κ2) is 7.08. The minimum atomic E-state index is 0. The summed E-state index contributed by atoms with van der Waals surface area (Å²) in [7, 11) is 2.02. The number of pyridine rings is 1.